The SMILES string of the molecule is CC(C(=O)O)n1nnnc1C(Cc1ccccc1)NC(=O)OCC1c2ccccc2-c2ccccc21. The van der Waals surface area contributed by atoms with E-state index in [4.69, 9.17) is 4.74 Å². The van der Waals surface area contributed by atoms with Crippen molar-refractivity contribution in [1.82, 2.24) is 25.5 Å². The van der Waals surface area contributed by atoms with Gasteiger partial charge in [-0.15, -0.1) is 5.10 Å². The first-order valence-corrected chi connectivity index (χ1v) is 11.7. The zero-order chi connectivity index (χ0) is 25.1. The predicted molar refractivity (Wildman–Crippen MR) is 131 cm³/mol. The molecule has 1 aliphatic carbocycles. The molecule has 36 heavy (non-hydrogen) atoms. The summed E-state index contributed by atoms with van der Waals surface area (Å²) in [6, 6.07) is 24.1. The largest absolute Gasteiger partial charge is 0.480 e. The van der Waals surface area contributed by atoms with Crippen LogP contribution in [0.15, 0.2) is 78.9 Å². The fourth-order valence-corrected chi connectivity index (χ4v) is 4.65. The number of tetrazole rings is 1. The molecule has 9 heteroatoms. The summed E-state index contributed by atoms with van der Waals surface area (Å²) in [6.45, 7) is 1.64. The normalized spacial score (nSPS) is 13.9. The van der Waals surface area contributed by atoms with Crippen LogP contribution in [-0.4, -0.2) is 44.0 Å². The smallest absolute Gasteiger partial charge is 0.407 e. The lowest BCUT2D eigenvalue weighted by Gasteiger charge is -2.20. The van der Waals surface area contributed by atoms with E-state index in [-0.39, 0.29) is 18.3 Å². The number of alkyl carbamates (subject to hydrolysis) is 1. The predicted octanol–water partition coefficient (Wildman–Crippen LogP) is 4.14. The van der Waals surface area contributed by atoms with Crippen LogP contribution in [0, 0.1) is 0 Å². The van der Waals surface area contributed by atoms with E-state index in [0.29, 0.717) is 6.42 Å². The van der Waals surface area contributed by atoms with Crippen molar-refractivity contribution < 1.29 is 19.4 Å². The average Bonchev–Trinajstić information content (AvgIpc) is 3.50. The third-order valence-electron chi connectivity index (χ3n) is 6.47. The monoisotopic (exact) mass is 483 g/mol. The molecule has 0 saturated heterocycles. The Labute approximate surface area is 207 Å². The van der Waals surface area contributed by atoms with Crippen molar-refractivity contribution in [2.24, 2.45) is 0 Å². The summed E-state index contributed by atoms with van der Waals surface area (Å²) in [5.74, 6) is -0.918. The molecule has 2 atom stereocenters. The van der Waals surface area contributed by atoms with E-state index in [1.165, 1.54) is 11.6 Å². The molecule has 2 N–H and O–H groups in total. The lowest BCUT2D eigenvalue weighted by atomic mass is 9.98. The molecule has 0 fully saturated rings. The summed E-state index contributed by atoms with van der Waals surface area (Å²) in [7, 11) is 0. The molecule has 3 aromatic carbocycles. The van der Waals surface area contributed by atoms with Gasteiger partial charge in [-0.25, -0.2) is 14.3 Å². The first-order valence-electron chi connectivity index (χ1n) is 11.7. The van der Waals surface area contributed by atoms with Crippen LogP contribution >= 0.6 is 0 Å². The number of nitrogens with zero attached hydrogens (tertiary/aromatic N) is 4. The number of benzene rings is 3. The first-order chi connectivity index (χ1) is 17.5. The van der Waals surface area contributed by atoms with Gasteiger partial charge in [-0.05, 0) is 45.2 Å². The lowest BCUT2D eigenvalue weighted by molar-refractivity contribution is -0.140. The summed E-state index contributed by atoms with van der Waals surface area (Å²) >= 11 is 0. The summed E-state index contributed by atoms with van der Waals surface area (Å²) in [5, 5.41) is 23.9. The van der Waals surface area contributed by atoms with Gasteiger partial charge < -0.3 is 15.2 Å². The third-order valence-corrected chi connectivity index (χ3v) is 6.47. The van der Waals surface area contributed by atoms with Crippen LogP contribution in [0.5, 0.6) is 0 Å². The quantitative estimate of drug-likeness (QED) is 0.386. The highest BCUT2D eigenvalue weighted by Gasteiger charge is 2.31. The number of carboxylic acids is 1. The summed E-state index contributed by atoms with van der Waals surface area (Å²) in [6.07, 6.45) is -0.270. The molecule has 1 amide bonds. The number of nitrogens with one attached hydrogen (secondary N) is 1. The van der Waals surface area contributed by atoms with Gasteiger partial charge in [-0.1, -0.05) is 78.9 Å². The molecule has 1 aliphatic rings. The molecule has 5 rings (SSSR count). The van der Waals surface area contributed by atoms with Crippen molar-refractivity contribution in [3.8, 4) is 11.1 Å². The number of rotatable bonds is 8. The minimum atomic E-state index is -1.08. The highest BCUT2D eigenvalue weighted by Crippen LogP contribution is 2.44. The Morgan fingerprint density at radius 2 is 1.58 bits per heavy atom. The van der Waals surface area contributed by atoms with E-state index in [0.717, 1.165) is 27.8 Å². The van der Waals surface area contributed by atoms with Gasteiger partial charge in [-0.2, -0.15) is 0 Å². The number of hydrogen-bond donors (Lipinski definition) is 2. The van der Waals surface area contributed by atoms with Gasteiger partial charge in [0.05, 0.1) is 6.04 Å². The molecule has 2 unspecified atom stereocenters. The molecule has 0 saturated carbocycles. The molecule has 182 valence electrons. The van der Waals surface area contributed by atoms with Crippen LogP contribution in [0.4, 0.5) is 4.79 Å². The van der Waals surface area contributed by atoms with Crippen molar-refractivity contribution in [3.05, 3.63) is 101 Å². The van der Waals surface area contributed by atoms with E-state index >= 15 is 0 Å². The Hall–Kier alpha value is -4.53. The minimum absolute atomic E-state index is 0.0759. The van der Waals surface area contributed by atoms with Crippen molar-refractivity contribution >= 4 is 12.1 Å². The molecule has 0 bridgehead atoms. The van der Waals surface area contributed by atoms with E-state index < -0.39 is 24.1 Å². The second kappa shape index (κ2) is 9.99. The van der Waals surface area contributed by atoms with Crippen molar-refractivity contribution in [3.63, 3.8) is 0 Å². The Morgan fingerprint density at radius 1 is 0.972 bits per heavy atom. The van der Waals surface area contributed by atoms with Gasteiger partial charge in [0.15, 0.2) is 11.9 Å². The van der Waals surface area contributed by atoms with Gasteiger partial charge in [0.25, 0.3) is 0 Å². The number of aromatic nitrogens is 4. The standard InChI is InChI=1S/C27H25N5O4/c1-17(26(33)34)32-25(29-30-31-32)24(15-18-9-3-2-4-10-18)28-27(35)36-16-23-21-13-7-5-11-19(21)20-12-6-8-14-22(20)23/h2-14,17,23-24H,15-16H2,1H3,(H,28,35)(H,33,34). The zero-order valence-corrected chi connectivity index (χ0v) is 19.6. The van der Waals surface area contributed by atoms with E-state index in [2.05, 4.69) is 45.1 Å². The maximum Gasteiger partial charge on any atom is 0.407 e. The van der Waals surface area contributed by atoms with Gasteiger partial charge in [0.1, 0.15) is 6.61 Å². The zero-order valence-electron chi connectivity index (χ0n) is 19.6. The number of carboxylic acid groups (broad SMARTS) is 1. The van der Waals surface area contributed by atoms with E-state index in [1.54, 1.807) is 0 Å². The number of ether oxygens (including phenoxy) is 1. The number of aliphatic carboxylic acids is 1. The van der Waals surface area contributed by atoms with Crippen LogP contribution in [-0.2, 0) is 16.0 Å². The molecular weight excluding hydrogens is 458 g/mol. The highest BCUT2D eigenvalue weighted by molar-refractivity contribution is 5.79. The molecule has 1 aromatic heterocycles. The highest BCUT2D eigenvalue weighted by atomic mass is 16.5. The summed E-state index contributed by atoms with van der Waals surface area (Å²) in [4.78, 5) is 24.6. The van der Waals surface area contributed by atoms with Gasteiger partial charge in [0.2, 0.25) is 0 Å². The van der Waals surface area contributed by atoms with Crippen LogP contribution in [0.1, 0.15) is 47.4 Å². The molecule has 0 spiro atoms. The average molecular weight is 484 g/mol. The molecule has 0 aliphatic heterocycles. The number of fused-ring (bicyclic) bond motifs is 3. The second-order valence-electron chi connectivity index (χ2n) is 8.71. The van der Waals surface area contributed by atoms with Crippen LogP contribution in [0.3, 0.4) is 0 Å². The van der Waals surface area contributed by atoms with Crippen molar-refractivity contribution in [2.75, 3.05) is 6.61 Å². The molecule has 0 radical (unpaired) electrons. The lowest BCUT2D eigenvalue weighted by Crippen LogP contribution is -2.34. The number of amides is 1. The Balaban J connectivity index is 1.35. The second-order valence-corrected chi connectivity index (χ2v) is 8.71. The van der Waals surface area contributed by atoms with Crippen molar-refractivity contribution in [2.45, 2.75) is 31.3 Å². The third kappa shape index (κ3) is 4.55. The summed E-state index contributed by atoms with van der Waals surface area (Å²) in [5.41, 5.74) is 5.45. The van der Waals surface area contributed by atoms with E-state index in [9.17, 15) is 14.7 Å². The van der Waals surface area contributed by atoms with Crippen molar-refractivity contribution in [1.29, 1.82) is 0 Å². The Bertz CT molecular complexity index is 1340. The minimum Gasteiger partial charge on any atom is -0.480 e. The maximum absolute atomic E-state index is 13.0. The maximum atomic E-state index is 13.0. The fourth-order valence-electron chi connectivity index (χ4n) is 4.65. The van der Waals surface area contributed by atoms with Crippen LogP contribution < -0.4 is 5.32 Å². The topological polar surface area (TPSA) is 119 Å². The van der Waals surface area contributed by atoms with Crippen LogP contribution in [0.25, 0.3) is 11.1 Å². The van der Waals surface area contributed by atoms with Gasteiger partial charge in [-0.3, -0.25) is 0 Å². The molecule has 4 aromatic rings. The number of carbonyl (C=O) groups is 2. The molecule has 1 heterocycles. The number of carbonyl (C=O) groups excluding carboxylic acids is 1. The van der Waals surface area contributed by atoms with Gasteiger partial charge >= 0.3 is 12.1 Å². The molecular formula is C27H25N5O4. The Morgan fingerprint density at radius 3 is 2.22 bits per heavy atom. The fraction of sp³-hybridized carbons (Fsp3) is 0.222. The van der Waals surface area contributed by atoms with Gasteiger partial charge in [0, 0.05) is 12.3 Å². The van der Waals surface area contributed by atoms with E-state index in [1.807, 2.05) is 54.6 Å². The number of hydrogen-bond acceptors (Lipinski definition) is 6. The first kappa shape index (κ1) is 23.2. The summed E-state index contributed by atoms with van der Waals surface area (Å²) < 4.78 is 6.92. The van der Waals surface area contributed by atoms with Crippen LogP contribution in [0.2, 0.25) is 0 Å². The Kier molecular flexibility index (Phi) is 6.44. The molecule has 9 nitrogen and oxygen atoms in total.